The van der Waals surface area contributed by atoms with Crippen molar-refractivity contribution < 1.29 is 13.6 Å². The number of anilines is 1. The van der Waals surface area contributed by atoms with Crippen molar-refractivity contribution >= 4 is 41.2 Å². The fourth-order valence-electron chi connectivity index (χ4n) is 3.12. The van der Waals surface area contributed by atoms with Crippen molar-refractivity contribution in [1.82, 2.24) is 4.57 Å². The van der Waals surface area contributed by atoms with Crippen LogP contribution in [0.3, 0.4) is 0 Å². The zero-order chi connectivity index (χ0) is 20.3. The highest BCUT2D eigenvalue weighted by Gasteiger charge is 2.35. The van der Waals surface area contributed by atoms with Crippen molar-refractivity contribution in [3.63, 3.8) is 0 Å². The maximum absolute atomic E-state index is 13.4. The van der Waals surface area contributed by atoms with Gasteiger partial charge in [0.25, 0.3) is 0 Å². The molecule has 0 spiro atoms. The number of para-hydroxylation sites is 1. The molecule has 8 heteroatoms. The van der Waals surface area contributed by atoms with E-state index in [-0.39, 0.29) is 24.3 Å². The van der Waals surface area contributed by atoms with Gasteiger partial charge in [-0.05, 0) is 43.7 Å². The zero-order valence-corrected chi connectivity index (χ0v) is 17.4. The van der Waals surface area contributed by atoms with Gasteiger partial charge in [0.2, 0.25) is 5.43 Å². The first-order valence-electron chi connectivity index (χ1n) is 8.96. The first-order chi connectivity index (χ1) is 13.4. The Bertz CT molecular complexity index is 1090. The molecule has 0 saturated heterocycles. The highest BCUT2D eigenvalue weighted by molar-refractivity contribution is 7.62. The molecule has 2 N–H and O–H groups in total. The highest BCUT2D eigenvalue weighted by Crippen LogP contribution is 2.47. The molecular formula is C20H22ClN2O4P. The number of rotatable bonds is 7. The third kappa shape index (κ3) is 3.87. The normalized spacial score (nSPS) is 11.8. The molecule has 1 aromatic heterocycles. The Balaban J connectivity index is 2.30. The Morgan fingerprint density at radius 1 is 1.04 bits per heavy atom. The Labute approximate surface area is 168 Å². The second-order valence-electron chi connectivity index (χ2n) is 6.13. The van der Waals surface area contributed by atoms with Gasteiger partial charge in [0.15, 0.2) is 5.30 Å². The second kappa shape index (κ2) is 8.50. The summed E-state index contributed by atoms with van der Waals surface area (Å²) in [7, 11) is -3.87. The van der Waals surface area contributed by atoms with Gasteiger partial charge in [-0.1, -0.05) is 35.9 Å². The summed E-state index contributed by atoms with van der Waals surface area (Å²) in [6.45, 7) is 4.00. The van der Waals surface area contributed by atoms with Gasteiger partial charge >= 0.3 is 7.60 Å². The molecule has 0 saturated carbocycles. The molecule has 1 heterocycles. The predicted molar refractivity (Wildman–Crippen MR) is 114 cm³/mol. The number of nitrogens with zero attached hydrogens (tertiary/aromatic N) is 1. The third-order valence-electron chi connectivity index (χ3n) is 4.31. The Morgan fingerprint density at radius 2 is 1.64 bits per heavy atom. The standard InChI is InChI=1S/C20H22ClN2O4P/c1-3-26-28(25,27-4-2)19-18(24)16-7-5-6-8-17(16)23(20(19)22)13-14-9-11-15(21)12-10-14/h5-12H,3-4,13,22H2,1-2H3. The number of halogens is 1. The van der Waals surface area contributed by atoms with Gasteiger partial charge in [-0.15, -0.1) is 0 Å². The molecule has 2 aromatic carbocycles. The lowest BCUT2D eigenvalue weighted by molar-refractivity contribution is 0.230. The van der Waals surface area contributed by atoms with Gasteiger partial charge in [0.1, 0.15) is 5.82 Å². The van der Waals surface area contributed by atoms with Crippen LogP contribution in [0.4, 0.5) is 5.82 Å². The molecule has 0 aliphatic carbocycles. The quantitative estimate of drug-likeness (QED) is 0.580. The van der Waals surface area contributed by atoms with Crippen LogP contribution in [-0.2, 0) is 20.2 Å². The van der Waals surface area contributed by atoms with E-state index in [4.69, 9.17) is 26.4 Å². The van der Waals surface area contributed by atoms with Crippen LogP contribution in [0.15, 0.2) is 53.3 Å². The topological polar surface area (TPSA) is 83.5 Å². The maximum atomic E-state index is 13.4. The number of fused-ring (bicyclic) bond motifs is 1. The number of aromatic nitrogens is 1. The van der Waals surface area contributed by atoms with E-state index in [2.05, 4.69) is 0 Å². The number of nitrogens with two attached hydrogens (primary N) is 1. The Hall–Kier alpha value is -2.11. The zero-order valence-electron chi connectivity index (χ0n) is 15.7. The van der Waals surface area contributed by atoms with E-state index < -0.39 is 13.0 Å². The Kier molecular flexibility index (Phi) is 6.26. The summed E-state index contributed by atoms with van der Waals surface area (Å²) in [6.07, 6.45) is 0. The summed E-state index contributed by atoms with van der Waals surface area (Å²) in [6, 6.07) is 14.4. The second-order valence-corrected chi connectivity index (χ2v) is 8.52. The first kappa shape index (κ1) is 20.6. The van der Waals surface area contributed by atoms with E-state index in [1.807, 2.05) is 18.2 Å². The van der Waals surface area contributed by atoms with Crippen LogP contribution in [-0.4, -0.2) is 17.8 Å². The van der Waals surface area contributed by atoms with E-state index in [9.17, 15) is 9.36 Å². The molecule has 3 rings (SSSR count). The fourth-order valence-corrected chi connectivity index (χ4v) is 5.03. The van der Waals surface area contributed by atoms with Gasteiger partial charge in [-0.25, -0.2) is 0 Å². The molecule has 0 unspecified atom stereocenters. The van der Waals surface area contributed by atoms with Crippen molar-refractivity contribution in [1.29, 1.82) is 0 Å². The molecule has 3 aromatic rings. The summed E-state index contributed by atoms with van der Waals surface area (Å²) in [5.74, 6) is 0.0730. The lowest BCUT2D eigenvalue weighted by Gasteiger charge is -2.22. The molecule has 6 nitrogen and oxygen atoms in total. The van der Waals surface area contributed by atoms with Gasteiger partial charge in [0, 0.05) is 17.0 Å². The van der Waals surface area contributed by atoms with Crippen LogP contribution < -0.4 is 16.5 Å². The van der Waals surface area contributed by atoms with Crippen molar-refractivity contribution in [2.45, 2.75) is 20.4 Å². The number of hydrogen-bond donors (Lipinski definition) is 1. The van der Waals surface area contributed by atoms with E-state index in [0.29, 0.717) is 22.5 Å². The molecule has 0 fully saturated rings. The number of nitrogen functional groups attached to an aromatic ring is 1. The fraction of sp³-hybridized carbons (Fsp3) is 0.250. The van der Waals surface area contributed by atoms with Crippen LogP contribution >= 0.6 is 19.2 Å². The molecule has 0 amide bonds. The molecule has 0 aliphatic heterocycles. The molecule has 0 bridgehead atoms. The average molecular weight is 421 g/mol. The highest BCUT2D eigenvalue weighted by atomic mass is 35.5. The summed E-state index contributed by atoms with van der Waals surface area (Å²) in [4.78, 5) is 13.2. The Morgan fingerprint density at radius 3 is 2.25 bits per heavy atom. The number of pyridine rings is 1. The van der Waals surface area contributed by atoms with Crippen molar-refractivity contribution in [3.05, 3.63) is 69.3 Å². The van der Waals surface area contributed by atoms with Crippen LogP contribution in [0.25, 0.3) is 10.9 Å². The predicted octanol–water partition coefficient (Wildman–Crippen LogP) is 4.18. The largest absolute Gasteiger partial charge is 0.384 e. The lowest BCUT2D eigenvalue weighted by Crippen LogP contribution is -2.34. The van der Waals surface area contributed by atoms with Gasteiger partial charge < -0.3 is 19.3 Å². The first-order valence-corrected chi connectivity index (χ1v) is 10.9. The van der Waals surface area contributed by atoms with Crippen molar-refractivity contribution in [2.75, 3.05) is 18.9 Å². The van der Waals surface area contributed by atoms with E-state index in [1.165, 1.54) is 0 Å². The SMILES string of the molecule is CCOP(=O)(OCC)c1c(N)n(Cc2ccc(Cl)cc2)c2ccccc2c1=O. The summed E-state index contributed by atoms with van der Waals surface area (Å²) < 4.78 is 26.0. The molecule has 0 aliphatic rings. The molecule has 0 radical (unpaired) electrons. The van der Waals surface area contributed by atoms with Crippen molar-refractivity contribution in [3.8, 4) is 0 Å². The summed E-state index contributed by atoms with van der Waals surface area (Å²) in [5, 5.41) is 0.906. The van der Waals surface area contributed by atoms with E-state index in [0.717, 1.165) is 5.56 Å². The van der Waals surface area contributed by atoms with Crippen LogP contribution in [0.5, 0.6) is 0 Å². The minimum Gasteiger partial charge on any atom is -0.384 e. The van der Waals surface area contributed by atoms with Crippen LogP contribution in [0, 0.1) is 0 Å². The third-order valence-corrected chi connectivity index (χ3v) is 6.74. The summed E-state index contributed by atoms with van der Waals surface area (Å²) >= 11 is 5.97. The lowest BCUT2D eigenvalue weighted by atomic mass is 10.1. The van der Waals surface area contributed by atoms with Gasteiger partial charge in [-0.2, -0.15) is 0 Å². The minimum atomic E-state index is -3.87. The average Bonchev–Trinajstić information content (AvgIpc) is 2.67. The smallest absolute Gasteiger partial charge is 0.368 e. The van der Waals surface area contributed by atoms with Crippen LogP contribution in [0.2, 0.25) is 5.02 Å². The number of hydrogen-bond acceptors (Lipinski definition) is 5. The van der Waals surface area contributed by atoms with Crippen LogP contribution in [0.1, 0.15) is 19.4 Å². The maximum Gasteiger partial charge on any atom is 0.368 e. The van der Waals surface area contributed by atoms with Gasteiger partial charge in [0.05, 0.1) is 18.7 Å². The molecule has 0 atom stereocenters. The van der Waals surface area contributed by atoms with Gasteiger partial charge in [-0.3, -0.25) is 9.36 Å². The molecule has 148 valence electrons. The summed E-state index contributed by atoms with van der Waals surface area (Å²) in [5.41, 5.74) is 7.51. The molecule has 28 heavy (non-hydrogen) atoms. The van der Waals surface area contributed by atoms with Crippen molar-refractivity contribution in [2.24, 2.45) is 0 Å². The monoisotopic (exact) mass is 420 g/mol. The van der Waals surface area contributed by atoms with E-state index >= 15 is 0 Å². The molecular weight excluding hydrogens is 399 g/mol. The van der Waals surface area contributed by atoms with E-state index in [1.54, 1.807) is 48.7 Å². The number of benzene rings is 2. The minimum absolute atomic E-state index is 0.0730.